The molecule has 0 bridgehead atoms. The lowest BCUT2D eigenvalue weighted by Gasteiger charge is -2.27. The van der Waals surface area contributed by atoms with Crippen LogP contribution < -0.4 is 0 Å². The van der Waals surface area contributed by atoms with Crippen molar-refractivity contribution >= 4 is 34.5 Å². The number of halogens is 2. The van der Waals surface area contributed by atoms with Crippen molar-refractivity contribution in [3.63, 3.8) is 0 Å². The smallest absolute Gasteiger partial charge is 0.0406 e. The van der Waals surface area contributed by atoms with Crippen molar-refractivity contribution < 1.29 is 0 Å². The van der Waals surface area contributed by atoms with Crippen LogP contribution in [0, 0.1) is 5.92 Å². The molecule has 1 heterocycles. The van der Waals surface area contributed by atoms with Gasteiger partial charge in [-0.1, -0.05) is 23.7 Å². The third kappa shape index (κ3) is 3.61. The molecule has 82 valence electrons. The summed E-state index contributed by atoms with van der Waals surface area (Å²) in [6, 6.07) is 8.28. The van der Waals surface area contributed by atoms with Gasteiger partial charge in [-0.15, -0.1) is 0 Å². The maximum absolute atomic E-state index is 5.87. The van der Waals surface area contributed by atoms with Gasteiger partial charge in [0.15, 0.2) is 0 Å². The zero-order chi connectivity index (χ0) is 10.7. The monoisotopic (exact) mass is 335 g/mol. The summed E-state index contributed by atoms with van der Waals surface area (Å²) in [4.78, 5) is 0. The third-order valence-electron chi connectivity index (χ3n) is 3.00. The van der Waals surface area contributed by atoms with E-state index in [2.05, 4.69) is 38.1 Å². The second-order valence-electron chi connectivity index (χ2n) is 4.18. The molecule has 0 aliphatic carbocycles. The van der Waals surface area contributed by atoms with Crippen LogP contribution in [0.4, 0.5) is 0 Å². The topological polar surface area (TPSA) is 3.24 Å². The van der Waals surface area contributed by atoms with Crippen molar-refractivity contribution in [3.8, 4) is 0 Å². The average molecular weight is 336 g/mol. The van der Waals surface area contributed by atoms with Crippen LogP contribution >= 0.6 is 34.5 Å². The fourth-order valence-corrected chi connectivity index (χ4v) is 2.74. The number of piperidine rings is 1. The summed E-state index contributed by atoms with van der Waals surface area (Å²) >= 11 is 8.28. The van der Waals surface area contributed by atoms with Crippen molar-refractivity contribution in [3.05, 3.63) is 34.9 Å². The summed E-state index contributed by atoms with van der Waals surface area (Å²) in [5.41, 5.74) is 1.42. The molecule has 2 rings (SSSR count). The van der Waals surface area contributed by atoms with Crippen molar-refractivity contribution in [2.45, 2.75) is 19.3 Å². The Morgan fingerprint density at radius 2 is 1.80 bits per heavy atom. The van der Waals surface area contributed by atoms with E-state index in [0.717, 1.165) is 10.9 Å². The minimum atomic E-state index is 0.834. The molecule has 15 heavy (non-hydrogen) atoms. The summed E-state index contributed by atoms with van der Waals surface area (Å²) < 4.78 is 2.39. The van der Waals surface area contributed by atoms with Crippen LogP contribution in [-0.2, 0) is 6.42 Å². The molecule has 1 nitrogen and oxygen atoms in total. The molecular formula is C12H15ClIN. The molecule has 1 aliphatic heterocycles. The lowest BCUT2D eigenvalue weighted by atomic mass is 9.91. The highest BCUT2D eigenvalue weighted by atomic mass is 127. The lowest BCUT2D eigenvalue weighted by Crippen LogP contribution is -2.26. The van der Waals surface area contributed by atoms with Gasteiger partial charge >= 0.3 is 0 Å². The molecule has 0 saturated carbocycles. The molecule has 0 aromatic heterocycles. The molecule has 0 spiro atoms. The van der Waals surface area contributed by atoms with Crippen molar-refractivity contribution in [2.75, 3.05) is 13.1 Å². The standard InChI is InChI=1S/C12H15ClIN/c13-12-3-1-10(2-4-12)9-11-5-7-15(14)8-6-11/h1-4,11H,5-9H2. The molecule has 1 aromatic carbocycles. The van der Waals surface area contributed by atoms with Crippen LogP contribution in [0.3, 0.4) is 0 Å². The Bertz CT molecular complexity index is 304. The first-order valence-electron chi connectivity index (χ1n) is 5.39. The molecule has 1 aliphatic rings. The molecule has 0 amide bonds. The molecule has 0 radical (unpaired) electrons. The number of rotatable bonds is 2. The van der Waals surface area contributed by atoms with Crippen LogP contribution in [0.25, 0.3) is 0 Å². The van der Waals surface area contributed by atoms with Crippen LogP contribution in [0.2, 0.25) is 5.02 Å². The maximum Gasteiger partial charge on any atom is 0.0406 e. The zero-order valence-corrected chi connectivity index (χ0v) is 11.5. The first-order chi connectivity index (χ1) is 7.24. The van der Waals surface area contributed by atoms with Gasteiger partial charge in [0.1, 0.15) is 0 Å². The van der Waals surface area contributed by atoms with Gasteiger partial charge in [-0.3, -0.25) is 0 Å². The van der Waals surface area contributed by atoms with Gasteiger partial charge in [-0.05, 0) is 42.9 Å². The minimum Gasteiger partial charge on any atom is -0.248 e. The van der Waals surface area contributed by atoms with Gasteiger partial charge in [0.25, 0.3) is 0 Å². The Balaban J connectivity index is 1.89. The van der Waals surface area contributed by atoms with E-state index in [1.807, 2.05) is 12.1 Å². The zero-order valence-electron chi connectivity index (χ0n) is 8.63. The first-order valence-corrected chi connectivity index (χ1v) is 6.73. The number of hydrogen-bond acceptors (Lipinski definition) is 1. The van der Waals surface area contributed by atoms with Gasteiger partial charge in [0.2, 0.25) is 0 Å². The Hall–Kier alpha value is 0.200. The summed E-state index contributed by atoms with van der Waals surface area (Å²) in [7, 11) is 0. The summed E-state index contributed by atoms with van der Waals surface area (Å²) in [5.74, 6) is 0.859. The van der Waals surface area contributed by atoms with Crippen molar-refractivity contribution in [1.82, 2.24) is 3.11 Å². The van der Waals surface area contributed by atoms with Crippen molar-refractivity contribution in [2.24, 2.45) is 5.92 Å². The number of hydrogen-bond donors (Lipinski definition) is 0. The second kappa shape index (κ2) is 5.51. The highest BCUT2D eigenvalue weighted by Crippen LogP contribution is 2.23. The largest absolute Gasteiger partial charge is 0.248 e. The predicted molar refractivity (Wildman–Crippen MR) is 73.5 cm³/mol. The number of benzene rings is 1. The van der Waals surface area contributed by atoms with Crippen LogP contribution in [0.1, 0.15) is 18.4 Å². The van der Waals surface area contributed by atoms with E-state index in [1.165, 1.54) is 37.9 Å². The van der Waals surface area contributed by atoms with Gasteiger partial charge in [0.05, 0.1) is 0 Å². The summed E-state index contributed by atoms with van der Waals surface area (Å²) in [6.07, 6.45) is 3.86. The van der Waals surface area contributed by atoms with Gasteiger partial charge in [-0.25, -0.2) is 3.11 Å². The van der Waals surface area contributed by atoms with E-state index in [4.69, 9.17) is 11.6 Å². The number of nitrogens with zero attached hydrogens (tertiary/aromatic N) is 1. The molecule has 1 aromatic rings. The molecule has 0 atom stereocenters. The van der Waals surface area contributed by atoms with E-state index in [0.29, 0.717) is 0 Å². The molecule has 0 N–H and O–H groups in total. The SMILES string of the molecule is Clc1ccc(CC2CCN(I)CC2)cc1. The molecular weight excluding hydrogens is 320 g/mol. The fourth-order valence-electron chi connectivity index (χ4n) is 2.06. The fraction of sp³-hybridized carbons (Fsp3) is 0.500. The molecule has 1 saturated heterocycles. The normalized spacial score (nSPS) is 19.3. The van der Waals surface area contributed by atoms with Crippen LogP contribution in [0.15, 0.2) is 24.3 Å². The molecule has 0 unspecified atom stereocenters. The van der Waals surface area contributed by atoms with Gasteiger partial charge < -0.3 is 0 Å². The predicted octanol–water partition coefficient (Wildman–Crippen LogP) is 3.94. The Kier molecular flexibility index (Phi) is 4.29. The van der Waals surface area contributed by atoms with E-state index >= 15 is 0 Å². The molecule has 1 fully saturated rings. The maximum atomic E-state index is 5.87. The van der Waals surface area contributed by atoms with Crippen molar-refractivity contribution in [1.29, 1.82) is 0 Å². The Labute approximate surface area is 110 Å². The highest BCUT2D eigenvalue weighted by Gasteiger charge is 2.17. The third-order valence-corrected chi connectivity index (χ3v) is 4.21. The Morgan fingerprint density at radius 3 is 2.40 bits per heavy atom. The Morgan fingerprint density at radius 1 is 1.20 bits per heavy atom. The van der Waals surface area contributed by atoms with Gasteiger partial charge in [-0.2, -0.15) is 0 Å². The van der Waals surface area contributed by atoms with E-state index in [9.17, 15) is 0 Å². The van der Waals surface area contributed by atoms with E-state index in [1.54, 1.807) is 0 Å². The quantitative estimate of drug-likeness (QED) is 0.584. The minimum absolute atomic E-state index is 0.834. The summed E-state index contributed by atoms with van der Waals surface area (Å²) in [5, 5.41) is 0.834. The molecule has 3 heteroatoms. The summed E-state index contributed by atoms with van der Waals surface area (Å²) in [6.45, 7) is 2.47. The van der Waals surface area contributed by atoms with Crippen LogP contribution in [-0.4, -0.2) is 16.2 Å². The second-order valence-corrected chi connectivity index (χ2v) is 5.98. The lowest BCUT2D eigenvalue weighted by molar-refractivity contribution is 0.307. The average Bonchev–Trinajstić information content (AvgIpc) is 2.25. The highest BCUT2D eigenvalue weighted by molar-refractivity contribution is 14.1. The van der Waals surface area contributed by atoms with E-state index < -0.39 is 0 Å². The van der Waals surface area contributed by atoms with Crippen LogP contribution in [0.5, 0.6) is 0 Å². The first kappa shape index (κ1) is 11.7. The van der Waals surface area contributed by atoms with Gasteiger partial charge in [0, 0.05) is 41.0 Å². The van der Waals surface area contributed by atoms with E-state index in [-0.39, 0.29) is 0 Å².